The van der Waals surface area contributed by atoms with Gasteiger partial charge >= 0.3 is 0 Å². The third-order valence-electron chi connectivity index (χ3n) is 2.87. The first kappa shape index (κ1) is 17.6. The highest BCUT2D eigenvalue weighted by atomic mass is 32.2. The number of carbonyl (C=O) groups is 1. The van der Waals surface area contributed by atoms with Crippen molar-refractivity contribution >= 4 is 15.9 Å². The summed E-state index contributed by atoms with van der Waals surface area (Å²) >= 11 is 0. The third-order valence-corrected chi connectivity index (χ3v) is 4.33. The summed E-state index contributed by atoms with van der Waals surface area (Å²) in [7, 11) is -3.67. The first-order valence-electron chi connectivity index (χ1n) is 6.91. The van der Waals surface area contributed by atoms with E-state index in [-0.39, 0.29) is 23.8 Å². The second-order valence-electron chi connectivity index (χ2n) is 4.75. The fourth-order valence-electron chi connectivity index (χ4n) is 1.68. The summed E-state index contributed by atoms with van der Waals surface area (Å²) in [5.74, 6) is -0.183. The Bertz CT molecular complexity index is 570. The molecule has 1 atom stereocenters. The number of sulfonamides is 1. The number of aliphatic hydroxyl groups excluding tert-OH is 1. The number of nitrogens with one attached hydrogen (secondary N) is 2. The summed E-state index contributed by atoms with van der Waals surface area (Å²) in [5.41, 5.74) is 0.526. The van der Waals surface area contributed by atoms with E-state index in [0.29, 0.717) is 12.1 Å². The highest BCUT2D eigenvalue weighted by Gasteiger charge is 2.15. The van der Waals surface area contributed by atoms with Gasteiger partial charge in [-0.15, -0.1) is 0 Å². The third kappa shape index (κ3) is 5.82. The topological polar surface area (TPSA) is 95.5 Å². The summed E-state index contributed by atoms with van der Waals surface area (Å²) in [5, 5.41) is 12.2. The lowest BCUT2D eigenvalue weighted by Crippen LogP contribution is -2.31. The van der Waals surface area contributed by atoms with Crippen molar-refractivity contribution in [3.63, 3.8) is 0 Å². The van der Waals surface area contributed by atoms with Crippen LogP contribution in [0.25, 0.3) is 0 Å². The molecule has 0 aliphatic heterocycles. The molecule has 0 aromatic heterocycles. The predicted octanol–water partition coefficient (Wildman–Crippen LogP) is 0.935. The number of carbonyl (C=O) groups excluding carboxylic acids is 1. The van der Waals surface area contributed by atoms with Crippen molar-refractivity contribution in [3.05, 3.63) is 29.8 Å². The van der Waals surface area contributed by atoms with Crippen LogP contribution in [0.5, 0.6) is 0 Å². The van der Waals surface area contributed by atoms with E-state index < -0.39 is 16.1 Å². The van der Waals surface area contributed by atoms with Crippen molar-refractivity contribution in [1.29, 1.82) is 0 Å². The number of aliphatic hydroxyl groups is 1. The average Bonchev–Trinajstić information content (AvgIpc) is 2.45. The molecular weight excluding hydrogens is 292 g/mol. The molecule has 1 unspecified atom stereocenters. The molecule has 0 saturated carbocycles. The summed E-state index contributed by atoms with van der Waals surface area (Å²) in [4.78, 5) is 11.5. The van der Waals surface area contributed by atoms with Crippen molar-refractivity contribution in [2.24, 2.45) is 0 Å². The van der Waals surface area contributed by atoms with Crippen LogP contribution in [0.2, 0.25) is 0 Å². The van der Waals surface area contributed by atoms with Crippen LogP contribution < -0.4 is 10.0 Å². The van der Waals surface area contributed by atoms with Gasteiger partial charge in [-0.3, -0.25) is 4.79 Å². The molecule has 0 bridgehead atoms. The molecule has 0 radical (unpaired) electrons. The van der Waals surface area contributed by atoms with Crippen LogP contribution >= 0.6 is 0 Å². The second-order valence-corrected chi connectivity index (χ2v) is 6.51. The first-order valence-corrected chi connectivity index (χ1v) is 8.39. The fourth-order valence-corrected chi connectivity index (χ4v) is 2.76. The number of amides is 1. The van der Waals surface area contributed by atoms with Crippen LogP contribution in [0, 0.1) is 0 Å². The smallest absolute Gasteiger partial charge is 0.240 e. The van der Waals surface area contributed by atoms with Gasteiger partial charge in [-0.25, -0.2) is 13.1 Å². The maximum atomic E-state index is 12.1. The van der Waals surface area contributed by atoms with Gasteiger partial charge in [0.1, 0.15) is 0 Å². The average molecular weight is 314 g/mol. The van der Waals surface area contributed by atoms with Crippen LogP contribution in [0.3, 0.4) is 0 Å². The number of benzene rings is 1. The van der Waals surface area contributed by atoms with E-state index in [1.807, 2.05) is 6.92 Å². The number of rotatable bonds is 8. The molecule has 6 nitrogen and oxygen atoms in total. The number of hydrogen-bond acceptors (Lipinski definition) is 4. The van der Waals surface area contributed by atoms with E-state index in [1.165, 1.54) is 12.1 Å². The van der Waals surface area contributed by atoms with Crippen LogP contribution in [0.4, 0.5) is 0 Å². The van der Waals surface area contributed by atoms with E-state index in [2.05, 4.69) is 10.0 Å². The van der Waals surface area contributed by atoms with Crippen LogP contribution in [0.15, 0.2) is 29.2 Å². The van der Waals surface area contributed by atoms with Crippen molar-refractivity contribution in [2.75, 3.05) is 13.1 Å². The molecule has 1 rings (SSSR count). The molecule has 0 heterocycles. The molecule has 0 aliphatic rings. The molecular formula is C14H22N2O4S. The minimum atomic E-state index is -3.67. The Labute approximate surface area is 125 Å². The Balaban J connectivity index is 2.61. The lowest BCUT2D eigenvalue weighted by atomic mass is 10.1. The Morgan fingerprint density at radius 2 is 2.05 bits per heavy atom. The maximum absolute atomic E-state index is 12.1. The molecule has 118 valence electrons. The van der Waals surface area contributed by atoms with Gasteiger partial charge in [0.05, 0.1) is 11.0 Å². The molecule has 1 aromatic rings. The summed E-state index contributed by atoms with van der Waals surface area (Å²) < 4.78 is 26.5. The normalized spacial score (nSPS) is 12.9. The van der Waals surface area contributed by atoms with Crippen molar-refractivity contribution < 1.29 is 18.3 Å². The fraction of sp³-hybridized carbons (Fsp3) is 0.500. The Hall–Kier alpha value is -1.44. The number of hydrogen-bond donors (Lipinski definition) is 3. The largest absolute Gasteiger partial charge is 0.389 e. The Kier molecular flexibility index (Phi) is 6.80. The Morgan fingerprint density at radius 1 is 1.33 bits per heavy atom. The predicted molar refractivity (Wildman–Crippen MR) is 80.2 cm³/mol. The highest BCUT2D eigenvalue weighted by Crippen LogP contribution is 2.16. The van der Waals surface area contributed by atoms with Gasteiger partial charge < -0.3 is 10.4 Å². The second kappa shape index (κ2) is 8.11. The van der Waals surface area contributed by atoms with Gasteiger partial charge in [0.25, 0.3) is 0 Å². The van der Waals surface area contributed by atoms with Gasteiger partial charge in [0.2, 0.25) is 15.9 Å². The van der Waals surface area contributed by atoms with E-state index >= 15 is 0 Å². The van der Waals surface area contributed by atoms with Gasteiger partial charge in [0, 0.05) is 19.5 Å². The molecule has 3 N–H and O–H groups in total. The zero-order chi connectivity index (χ0) is 15.9. The van der Waals surface area contributed by atoms with Crippen LogP contribution in [0.1, 0.15) is 38.4 Å². The molecule has 1 amide bonds. The van der Waals surface area contributed by atoms with Crippen molar-refractivity contribution in [2.45, 2.75) is 37.7 Å². The SMILES string of the molecule is CCCNC(=O)CCNS(=O)(=O)c1cccc(C(C)O)c1. The first-order chi connectivity index (χ1) is 9.86. The lowest BCUT2D eigenvalue weighted by Gasteiger charge is -2.10. The molecule has 0 spiro atoms. The minimum absolute atomic E-state index is 0.0385. The minimum Gasteiger partial charge on any atom is -0.389 e. The zero-order valence-corrected chi connectivity index (χ0v) is 13.1. The molecule has 1 aromatic carbocycles. The van der Waals surface area contributed by atoms with Crippen molar-refractivity contribution in [1.82, 2.24) is 10.0 Å². The van der Waals surface area contributed by atoms with E-state index in [0.717, 1.165) is 6.42 Å². The van der Waals surface area contributed by atoms with Crippen LogP contribution in [-0.2, 0) is 14.8 Å². The van der Waals surface area contributed by atoms with E-state index in [4.69, 9.17) is 0 Å². The van der Waals surface area contributed by atoms with E-state index in [1.54, 1.807) is 19.1 Å². The monoisotopic (exact) mass is 314 g/mol. The highest BCUT2D eigenvalue weighted by molar-refractivity contribution is 7.89. The molecule has 0 saturated heterocycles. The molecule has 0 aliphatic carbocycles. The molecule has 0 fully saturated rings. The van der Waals surface area contributed by atoms with Gasteiger partial charge in [-0.2, -0.15) is 0 Å². The quantitative estimate of drug-likeness (QED) is 0.665. The van der Waals surface area contributed by atoms with Crippen molar-refractivity contribution in [3.8, 4) is 0 Å². The Morgan fingerprint density at radius 3 is 2.67 bits per heavy atom. The maximum Gasteiger partial charge on any atom is 0.240 e. The van der Waals surface area contributed by atoms with Gasteiger partial charge in [-0.1, -0.05) is 19.1 Å². The molecule has 7 heteroatoms. The standard InChI is InChI=1S/C14H22N2O4S/c1-3-8-15-14(18)7-9-16-21(19,20)13-6-4-5-12(10-13)11(2)17/h4-6,10-11,16-17H,3,7-9H2,1-2H3,(H,15,18). The summed E-state index contributed by atoms with van der Waals surface area (Å²) in [6.07, 6.45) is 0.193. The lowest BCUT2D eigenvalue weighted by molar-refractivity contribution is -0.120. The van der Waals surface area contributed by atoms with E-state index in [9.17, 15) is 18.3 Å². The van der Waals surface area contributed by atoms with Gasteiger partial charge in [0.15, 0.2) is 0 Å². The summed E-state index contributed by atoms with van der Waals surface area (Å²) in [6, 6.07) is 6.10. The van der Waals surface area contributed by atoms with Gasteiger partial charge in [-0.05, 0) is 31.0 Å². The molecule has 21 heavy (non-hydrogen) atoms. The zero-order valence-electron chi connectivity index (χ0n) is 12.3. The van der Waals surface area contributed by atoms with Crippen LogP contribution in [-0.4, -0.2) is 32.5 Å². The summed E-state index contributed by atoms with van der Waals surface area (Å²) in [6.45, 7) is 4.13.